The SMILES string of the molecule is Cc1sc2cc(O)ccc2c1B(O)O. The second-order valence-electron chi connectivity index (χ2n) is 3.13. The van der Waals surface area contributed by atoms with Crippen molar-refractivity contribution in [1.82, 2.24) is 0 Å². The Kier molecular flexibility index (Phi) is 2.22. The molecule has 5 heteroatoms. The number of phenolic OH excluding ortho intramolecular Hbond substituents is 1. The predicted octanol–water partition coefficient (Wildman–Crippen LogP) is 0.595. The molecule has 3 N–H and O–H groups in total. The smallest absolute Gasteiger partial charge is 0.490 e. The van der Waals surface area contributed by atoms with Crippen molar-refractivity contribution in [1.29, 1.82) is 0 Å². The van der Waals surface area contributed by atoms with Gasteiger partial charge in [0.05, 0.1) is 0 Å². The summed E-state index contributed by atoms with van der Waals surface area (Å²) in [5.74, 6) is 0.192. The molecule has 0 aliphatic carbocycles. The van der Waals surface area contributed by atoms with E-state index in [9.17, 15) is 5.11 Å². The second kappa shape index (κ2) is 3.27. The Hall–Kier alpha value is -1.04. The van der Waals surface area contributed by atoms with Crippen LogP contribution in [0.3, 0.4) is 0 Å². The van der Waals surface area contributed by atoms with E-state index in [1.54, 1.807) is 18.2 Å². The van der Waals surface area contributed by atoms with Crippen LogP contribution in [-0.2, 0) is 0 Å². The molecule has 0 aliphatic heterocycles. The van der Waals surface area contributed by atoms with Crippen LogP contribution in [0, 0.1) is 6.92 Å². The van der Waals surface area contributed by atoms with E-state index in [0.717, 1.165) is 15.0 Å². The molecule has 0 aliphatic rings. The van der Waals surface area contributed by atoms with Gasteiger partial charge in [-0.25, -0.2) is 0 Å². The first-order valence-corrected chi connectivity index (χ1v) is 4.99. The zero-order valence-electron chi connectivity index (χ0n) is 7.56. The Morgan fingerprint density at radius 2 is 2.00 bits per heavy atom. The summed E-state index contributed by atoms with van der Waals surface area (Å²) >= 11 is 1.44. The molecule has 72 valence electrons. The summed E-state index contributed by atoms with van der Waals surface area (Å²) in [6.07, 6.45) is 0. The minimum Gasteiger partial charge on any atom is -0.508 e. The van der Waals surface area contributed by atoms with Gasteiger partial charge < -0.3 is 15.2 Å². The molecular formula is C9H9BO3S. The van der Waals surface area contributed by atoms with E-state index < -0.39 is 7.12 Å². The molecule has 2 rings (SSSR count). The first-order chi connectivity index (χ1) is 6.59. The van der Waals surface area contributed by atoms with Gasteiger partial charge in [-0.3, -0.25) is 0 Å². The van der Waals surface area contributed by atoms with Gasteiger partial charge in [-0.2, -0.15) is 0 Å². The number of hydrogen-bond acceptors (Lipinski definition) is 4. The van der Waals surface area contributed by atoms with E-state index in [0.29, 0.717) is 5.46 Å². The minimum atomic E-state index is -1.45. The van der Waals surface area contributed by atoms with Crippen LogP contribution >= 0.6 is 11.3 Å². The highest BCUT2D eigenvalue weighted by Gasteiger charge is 2.19. The summed E-state index contributed by atoms with van der Waals surface area (Å²) in [5.41, 5.74) is 0.532. The van der Waals surface area contributed by atoms with E-state index in [-0.39, 0.29) is 5.75 Å². The fourth-order valence-electron chi connectivity index (χ4n) is 1.55. The first kappa shape index (κ1) is 9.52. The van der Waals surface area contributed by atoms with Crippen molar-refractivity contribution in [2.45, 2.75) is 6.92 Å². The molecule has 1 heterocycles. The highest BCUT2D eigenvalue weighted by Crippen LogP contribution is 2.26. The van der Waals surface area contributed by atoms with Crippen molar-refractivity contribution in [3.63, 3.8) is 0 Å². The highest BCUT2D eigenvalue weighted by atomic mass is 32.1. The molecule has 2 aromatic rings. The highest BCUT2D eigenvalue weighted by molar-refractivity contribution is 7.20. The maximum Gasteiger partial charge on any atom is 0.490 e. The number of fused-ring (bicyclic) bond motifs is 1. The van der Waals surface area contributed by atoms with Crippen molar-refractivity contribution in [2.24, 2.45) is 0 Å². The Balaban J connectivity index is 2.77. The number of benzene rings is 1. The molecule has 0 atom stereocenters. The van der Waals surface area contributed by atoms with Gasteiger partial charge in [0.1, 0.15) is 5.75 Å². The van der Waals surface area contributed by atoms with Gasteiger partial charge in [0, 0.05) is 15.0 Å². The summed E-state index contributed by atoms with van der Waals surface area (Å²) < 4.78 is 0.866. The number of rotatable bonds is 1. The number of hydrogen-bond donors (Lipinski definition) is 3. The van der Waals surface area contributed by atoms with E-state index in [4.69, 9.17) is 10.0 Å². The van der Waals surface area contributed by atoms with Crippen LogP contribution in [0.1, 0.15) is 4.88 Å². The molecule has 0 saturated heterocycles. The zero-order valence-corrected chi connectivity index (χ0v) is 8.38. The van der Waals surface area contributed by atoms with E-state index in [2.05, 4.69) is 0 Å². The fraction of sp³-hybridized carbons (Fsp3) is 0.111. The van der Waals surface area contributed by atoms with Crippen LogP contribution in [0.15, 0.2) is 18.2 Å². The van der Waals surface area contributed by atoms with E-state index in [1.807, 2.05) is 6.92 Å². The van der Waals surface area contributed by atoms with Crippen molar-refractivity contribution < 1.29 is 15.2 Å². The molecular weight excluding hydrogens is 199 g/mol. The van der Waals surface area contributed by atoms with Crippen LogP contribution < -0.4 is 5.46 Å². The maximum absolute atomic E-state index is 9.25. The number of thiophene rings is 1. The topological polar surface area (TPSA) is 60.7 Å². The lowest BCUT2D eigenvalue weighted by molar-refractivity contribution is 0.426. The molecule has 3 nitrogen and oxygen atoms in total. The van der Waals surface area contributed by atoms with Crippen LogP contribution in [0.2, 0.25) is 0 Å². The largest absolute Gasteiger partial charge is 0.508 e. The number of phenols is 1. The Labute approximate surface area is 85.4 Å². The van der Waals surface area contributed by atoms with Crippen molar-refractivity contribution in [2.75, 3.05) is 0 Å². The number of aryl methyl sites for hydroxylation is 1. The third kappa shape index (κ3) is 1.39. The quantitative estimate of drug-likeness (QED) is 0.601. The monoisotopic (exact) mass is 208 g/mol. The lowest BCUT2D eigenvalue weighted by Crippen LogP contribution is -2.30. The standard InChI is InChI=1S/C9H9BO3S/c1-5-9(10(12)13)7-3-2-6(11)4-8(7)14-5/h2-4,11-13H,1H3. The molecule has 0 saturated carbocycles. The molecule has 0 spiro atoms. The van der Waals surface area contributed by atoms with Gasteiger partial charge in [-0.1, -0.05) is 6.07 Å². The Morgan fingerprint density at radius 3 is 2.64 bits per heavy atom. The summed E-state index contributed by atoms with van der Waals surface area (Å²) in [5, 5.41) is 28.4. The second-order valence-corrected chi connectivity index (χ2v) is 4.38. The maximum atomic E-state index is 9.25. The lowest BCUT2D eigenvalue weighted by Gasteiger charge is -1.98. The van der Waals surface area contributed by atoms with Gasteiger partial charge in [-0.05, 0) is 24.4 Å². The van der Waals surface area contributed by atoms with Crippen LogP contribution in [0.4, 0.5) is 0 Å². The van der Waals surface area contributed by atoms with Crippen molar-refractivity contribution >= 4 is 34.0 Å². The third-order valence-electron chi connectivity index (χ3n) is 2.16. The van der Waals surface area contributed by atoms with Crippen LogP contribution in [-0.4, -0.2) is 22.3 Å². The summed E-state index contributed by atoms with van der Waals surface area (Å²) in [6, 6.07) is 4.86. The first-order valence-electron chi connectivity index (χ1n) is 4.17. The van der Waals surface area contributed by atoms with E-state index >= 15 is 0 Å². The number of aromatic hydroxyl groups is 1. The van der Waals surface area contributed by atoms with Gasteiger partial charge in [-0.15, -0.1) is 11.3 Å². The van der Waals surface area contributed by atoms with Gasteiger partial charge in [0.25, 0.3) is 0 Å². The lowest BCUT2D eigenvalue weighted by atomic mass is 9.78. The molecule has 0 fully saturated rings. The normalized spacial score (nSPS) is 10.8. The summed E-state index contributed by atoms with van der Waals surface area (Å²) in [7, 11) is -1.45. The minimum absolute atomic E-state index is 0.192. The van der Waals surface area contributed by atoms with Crippen molar-refractivity contribution in [3.05, 3.63) is 23.1 Å². The van der Waals surface area contributed by atoms with Crippen LogP contribution in [0.25, 0.3) is 10.1 Å². The van der Waals surface area contributed by atoms with Gasteiger partial charge >= 0.3 is 7.12 Å². The van der Waals surface area contributed by atoms with Crippen molar-refractivity contribution in [3.8, 4) is 5.75 Å². The van der Waals surface area contributed by atoms with E-state index in [1.165, 1.54) is 11.3 Å². The average Bonchev–Trinajstić information content (AvgIpc) is 2.39. The third-order valence-corrected chi connectivity index (χ3v) is 3.24. The fourth-order valence-corrected chi connectivity index (χ4v) is 2.67. The molecule has 0 radical (unpaired) electrons. The van der Waals surface area contributed by atoms with Gasteiger partial charge in [0.2, 0.25) is 0 Å². The molecule has 0 amide bonds. The molecule has 0 unspecified atom stereocenters. The summed E-state index contributed by atoms with van der Waals surface area (Å²) in [6.45, 7) is 1.83. The molecule has 1 aromatic heterocycles. The predicted molar refractivity (Wildman–Crippen MR) is 58.1 cm³/mol. The molecule has 1 aromatic carbocycles. The molecule has 0 bridgehead atoms. The Bertz CT molecular complexity index is 478. The summed E-state index contributed by atoms with van der Waals surface area (Å²) in [4.78, 5) is 0.862. The molecule has 14 heavy (non-hydrogen) atoms. The van der Waals surface area contributed by atoms with Gasteiger partial charge in [0.15, 0.2) is 0 Å². The zero-order chi connectivity index (χ0) is 10.3. The average molecular weight is 208 g/mol. The van der Waals surface area contributed by atoms with Crippen LogP contribution in [0.5, 0.6) is 5.75 Å². The Morgan fingerprint density at radius 1 is 1.29 bits per heavy atom.